The van der Waals surface area contributed by atoms with Crippen LogP contribution in [0.25, 0.3) is 17.0 Å². The fourth-order valence-corrected chi connectivity index (χ4v) is 3.89. The van der Waals surface area contributed by atoms with Crippen LogP contribution >= 0.6 is 0 Å². The number of aromatic nitrogens is 7. The maximum atomic E-state index is 13.1. The van der Waals surface area contributed by atoms with Crippen molar-refractivity contribution in [2.45, 2.75) is 25.2 Å². The van der Waals surface area contributed by atoms with E-state index in [1.807, 2.05) is 6.20 Å². The molecule has 0 aliphatic carbocycles. The largest absolute Gasteiger partial charge is 0.435 e. The van der Waals surface area contributed by atoms with Crippen molar-refractivity contribution in [2.24, 2.45) is 0 Å². The Morgan fingerprint density at radius 1 is 1.13 bits per heavy atom. The van der Waals surface area contributed by atoms with Crippen LogP contribution in [0.5, 0.6) is 0 Å². The number of H-pyrrole nitrogens is 1. The Bertz CT molecular complexity index is 1200. The quantitative estimate of drug-likeness (QED) is 0.516. The monoisotopic (exact) mass is 429 g/mol. The van der Waals surface area contributed by atoms with Gasteiger partial charge in [0, 0.05) is 37.0 Å². The molecule has 9 nitrogen and oxygen atoms in total. The number of hydrogen-bond donors (Lipinski definition) is 2. The van der Waals surface area contributed by atoms with Crippen LogP contribution in [0, 0.1) is 0 Å². The van der Waals surface area contributed by atoms with Gasteiger partial charge in [-0.15, -0.1) is 0 Å². The van der Waals surface area contributed by atoms with Gasteiger partial charge in [0.25, 0.3) is 0 Å². The summed E-state index contributed by atoms with van der Waals surface area (Å²) in [6.45, 7) is 3.54. The molecule has 160 valence electrons. The fourth-order valence-electron chi connectivity index (χ4n) is 3.89. The molecule has 1 fully saturated rings. The van der Waals surface area contributed by atoms with Gasteiger partial charge in [-0.2, -0.15) is 23.4 Å². The topological polar surface area (TPSA) is 99.9 Å². The van der Waals surface area contributed by atoms with Crippen LogP contribution < -0.4 is 10.2 Å². The van der Waals surface area contributed by atoms with Crippen LogP contribution in [0.15, 0.2) is 43.1 Å². The second kappa shape index (κ2) is 7.30. The summed E-state index contributed by atoms with van der Waals surface area (Å²) >= 11 is 0. The molecule has 1 aliphatic heterocycles. The smallest absolute Gasteiger partial charge is 0.351 e. The first kappa shape index (κ1) is 19.4. The van der Waals surface area contributed by atoms with Crippen LogP contribution in [0.4, 0.5) is 19.0 Å². The molecule has 2 unspecified atom stereocenters. The minimum absolute atomic E-state index is 0.0534. The molecule has 0 saturated carbocycles. The van der Waals surface area contributed by atoms with Gasteiger partial charge < -0.3 is 10.2 Å². The highest BCUT2D eigenvalue weighted by Gasteiger charge is 2.34. The standard InChI is InChI=1S/C19H18F3N9/c1-11-18(12-7-27-28-8-12)23-4-5-30(11)17-6-13(25-10-26-17)14-9-24-16-3-2-15(19(20,21)22)29-31(14)16/h2-3,6-11,18,23H,4-5H2,1H3,(H,27,28). The SMILES string of the molecule is CC1C(c2cn[nH]c2)NCCN1c1cc(-c2cnc3ccc(C(F)(F)F)nn23)ncn1. The summed E-state index contributed by atoms with van der Waals surface area (Å²) in [6, 6.07) is 4.06. The summed E-state index contributed by atoms with van der Waals surface area (Å²) < 4.78 is 40.5. The number of fused-ring (bicyclic) bond motifs is 1. The van der Waals surface area contributed by atoms with Crippen LogP contribution in [0.3, 0.4) is 0 Å². The number of nitrogens with one attached hydrogen (secondary N) is 2. The lowest BCUT2D eigenvalue weighted by Gasteiger charge is -2.40. The lowest BCUT2D eigenvalue weighted by molar-refractivity contribution is -0.141. The number of alkyl halides is 3. The summed E-state index contributed by atoms with van der Waals surface area (Å²) in [6.07, 6.45) is 1.95. The maximum Gasteiger partial charge on any atom is 0.435 e. The second-order valence-electron chi connectivity index (χ2n) is 7.29. The zero-order valence-electron chi connectivity index (χ0n) is 16.4. The number of hydrogen-bond acceptors (Lipinski definition) is 7. The van der Waals surface area contributed by atoms with Crippen molar-refractivity contribution < 1.29 is 13.2 Å². The zero-order chi connectivity index (χ0) is 21.6. The molecule has 2 atom stereocenters. The lowest BCUT2D eigenvalue weighted by Crippen LogP contribution is -2.52. The van der Waals surface area contributed by atoms with E-state index in [-0.39, 0.29) is 12.1 Å². The number of anilines is 1. The zero-order valence-corrected chi connectivity index (χ0v) is 16.4. The molecule has 0 radical (unpaired) electrons. The highest BCUT2D eigenvalue weighted by Crippen LogP contribution is 2.30. The van der Waals surface area contributed by atoms with E-state index >= 15 is 0 Å². The van der Waals surface area contributed by atoms with Crippen molar-refractivity contribution in [3.63, 3.8) is 0 Å². The molecule has 4 aromatic heterocycles. The number of nitrogens with zero attached hydrogens (tertiary/aromatic N) is 7. The molecule has 0 aromatic carbocycles. The Kier molecular flexibility index (Phi) is 4.58. The third-order valence-electron chi connectivity index (χ3n) is 5.43. The summed E-state index contributed by atoms with van der Waals surface area (Å²) in [5.74, 6) is 0.675. The van der Waals surface area contributed by atoms with E-state index in [2.05, 4.69) is 47.4 Å². The third-order valence-corrected chi connectivity index (χ3v) is 5.43. The maximum absolute atomic E-state index is 13.1. The molecular weight excluding hydrogens is 411 g/mol. The minimum atomic E-state index is -4.55. The average Bonchev–Trinajstić information content (AvgIpc) is 3.43. The molecule has 31 heavy (non-hydrogen) atoms. The first-order valence-corrected chi connectivity index (χ1v) is 9.65. The fraction of sp³-hybridized carbons (Fsp3) is 0.316. The van der Waals surface area contributed by atoms with Gasteiger partial charge in [-0.3, -0.25) is 5.10 Å². The molecule has 0 amide bonds. The van der Waals surface area contributed by atoms with Crippen molar-refractivity contribution in [2.75, 3.05) is 18.0 Å². The summed E-state index contributed by atoms with van der Waals surface area (Å²) in [4.78, 5) is 15.0. The Morgan fingerprint density at radius 3 is 2.77 bits per heavy atom. The van der Waals surface area contributed by atoms with Crippen molar-refractivity contribution in [3.8, 4) is 11.4 Å². The van der Waals surface area contributed by atoms with Gasteiger partial charge in [0.15, 0.2) is 11.3 Å². The number of aromatic amines is 1. The number of halogens is 3. The van der Waals surface area contributed by atoms with Gasteiger partial charge in [0.05, 0.1) is 24.1 Å². The van der Waals surface area contributed by atoms with Crippen LogP contribution in [0.1, 0.15) is 24.2 Å². The molecule has 1 aliphatic rings. The van der Waals surface area contributed by atoms with E-state index in [0.29, 0.717) is 22.9 Å². The molecule has 4 aromatic rings. The molecule has 0 bridgehead atoms. The van der Waals surface area contributed by atoms with Gasteiger partial charge in [0.1, 0.15) is 17.8 Å². The molecule has 5 rings (SSSR count). The summed E-state index contributed by atoms with van der Waals surface area (Å²) in [7, 11) is 0. The van der Waals surface area contributed by atoms with E-state index in [4.69, 9.17) is 0 Å². The molecule has 5 heterocycles. The van der Waals surface area contributed by atoms with Crippen LogP contribution in [-0.2, 0) is 6.18 Å². The van der Waals surface area contributed by atoms with Crippen LogP contribution in [-0.4, -0.2) is 53.9 Å². The van der Waals surface area contributed by atoms with Gasteiger partial charge >= 0.3 is 6.18 Å². The molecule has 2 N–H and O–H groups in total. The molecular formula is C19H18F3N9. The molecule has 1 saturated heterocycles. The van der Waals surface area contributed by atoms with Crippen LogP contribution in [0.2, 0.25) is 0 Å². The van der Waals surface area contributed by atoms with Crippen molar-refractivity contribution >= 4 is 11.5 Å². The van der Waals surface area contributed by atoms with E-state index in [1.54, 1.807) is 12.3 Å². The number of rotatable bonds is 3. The number of imidazole rings is 1. The second-order valence-corrected chi connectivity index (χ2v) is 7.29. The van der Waals surface area contributed by atoms with Crippen molar-refractivity contribution in [3.05, 3.63) is 54.4 Å². The highest BCUT2D eigenvalue weighted by atomic mass is 19.4. The van der Waals surface area contributed by atoms with Gasteiger partial charge in [-0.05, 0) is 19.1 Å². The van der Waals surface area contributed by atoms with E-state index < -0.39 is 11.9 Å². The third kappa shape index (κ3) is 3.48. The predicted octanol–water partition coefficient (Wildman–Crippen LogP) is 2.47. The Labute approximate surface area is 174 Å². The molecule has 12 heteroatoms. The Morgan fingerprint density at radius 2 is 2.00 bits per heavy atom. The summed E-state index contributed by atoms with van der Waals surface area (Å²) in [5, 5.41) is 14.1. The van der Waals surface area contributed by atoms with E-state index in [1.165, 1.54) is 18.6 Å². The van der Waals surface area contributed by atoms with E-state index in [0.717, 1.165) is 29.2 Å². The Balaban J connectivity index is 1.51. The average molecular weight is 429 g/mol. The van der Waals surface area contributed by atoms with Crippen molar-refractivity contribution in [1.82, 2.24) is 40.1 Å². The number of piperazine rings is 1. The first-order valence-electron chi connectivity index (χ1n) is 9.65. The predicted molar refractivity (Wildman–Crippen MR) is 105 cm³/mol. The van der Waals surface area contributed by atoms with E-state index in [9.17, 15) is 13.2 Å². The Hall–Kier alpha value is -3.54. The van der Waals surface area contributed by atoms with Crippen molar-refractivity contribution in [1.29, 1.82) is 0 Å². The first-order chi connectivity index (χ1) is 14.9. The van der Waals surface area contributed by atoms with Gasteiger partial charge in [-0.1, -0.05) is 0 Å². The molecule has 0 spiro atoms. The highest BCUT2D eigenvalue weighted by molar-refractivity contribution is 5.62. The van der Waals surface area contributed by atoms with Gasteiger partial charge in [-0.25, -0.2) is 19.5 Å². The normalized spacial score (nSPS) is 19.8. The minimum Gasteiger partial charge on any atom is -0.351 e. The van der Waals surface area contributed by atoms with Gasteiger partial charge in [0.2, 0.25) is 0 Å². The lowest BCUT2D eigenvalue weighted by atomic mass is 10.00. The summed E-state index contributed by atoms with van der Waals surface area (Å²) in [5.41, 5.74) is 1.15.